The molecule has 0 spiro atoms. The molecule has 22 heteroatoms. The number of hydrogen-bond donors (Lipinski definition) is 7. The van der Waals surface area contributed by atoms with E-state index in [1.807, 2.05) is 4.98 Å². The molecule has 7 N–H and O–H groups in total. The van der Waals surface area contributed by atoms with Crippen LogP contribution in [-0.4, -0.2) is 68.1 Å². The summed E-state index contributed by atoms with van der Waals surface area (Å²) in [5, 5.41) is 20.2. The molecule has 0 aliphatic carbocycles. The average molecular weight is 630 g/mol. The first-order valence-corrected chi connectivity index (χ1v) is 14.0. The predicted octanol–water partition coefficient (Wildman–Crippen LogP) is -0.496. The van der Waals surface area contributed by atoms with Gasteiger partial charge in [0.15, 0.2) is 6.23 Å². The Morgan fingerprint density at radius 2 is 1.72 bits per heavy atom. The number of nitrogens with one attached hydrogen (secondary N) is 1. The maximum atomic E-state index is 11.9. The van der Waals surface area contributed by atoms with Crippen molar-refractivity contribution < 1.29 is 57.1 Å². The Bertz CT molecular complexity index is 1130. The number of rotatable bonds is 8. The maximum Gasteiger partial charge on any atom is 0.479 e. The first kappa shape index (κ1) is 28.3. The predicted molar refractivity (Wildman–Crippen MR) is 108 cm³/mol. The Kier molecular flexibility index (Phi) is 8.50. The van der Waals surface area contributed by atoms with Crippen LogP contribution < -0.4 is 11.2 Å². The van der Waals surface area contributed by atoms with Crippen molar-refractivity contribution >= 4 is 62.1 Å². The number of halogens is 3. The number of nitrogens with zero attached hydrogens (tertiary/aromatic N) is 1. The third-order valence-electron chi connectivity index (χ3n) is 3.84. The van der Waals surface area contributed by atoms with E-state index in [2.05, 4.69) is 24.8 Å². The number of H-pyrrole nitrogens is 1. The van der Waals surface area contributed by atoms with Crippen molar-refractivity contribution in [1.29, 1.82) is 0 Å². The zero-order chi connectivity index (χ0) is 24.9. The number of aromatic amines is 1. The first-order valence-electron chi connectivity index (χ1n) is 7.78. The Morgan fingerprint density at radius 3 is 2.25 bits per heavy atom. The summed E-state index contributed by atoms with van der Waals surface area (Å²) in [5.41, 5.74) is -1.83. The number of aliphatic hydroxyl groups is 2. The van der Waals surface area contributed by atoms with Crippen LogP contribution >= 0.6 is 62.1 Å². The Morgan fingerprint density at radius 1 is 1.16 bits per heavy atom. The van der Waals surface area contributed by atoms with Crippen LogP contribution in [0.2, 0.25) is 0 Å². The van der Waals surface area contributed by atoms with Crippen LogP contribution in [0.15, 0.2) is 20.3 Å². The van der Waals surface area contributed by atoms with Crippen molar-refractivity contribution in [3.8, 4) is 0 Å². The molecule has 1 aromatic heterocycles. The second-order valence-corrected chi connectivity index (χ2v) is 15.0. The second-order valence-electron chi connectivity index (χ2n) is 6.11. The molecule has 0 radical (unpaired) electrons. The van der Waals surface area contributed by atoms with Gasteiger partial charge in [-0.2, -0.15) is 0 Å². The van der Waals surface area contributed by atoms with Gasteiger partial charge < -0.3 is 34.5 Å². The highest BCUT2D eigenvalue weighted by molar-refractivity contribution is 9.10. The van der Waals surface area contributed by atoms with Crippen molar-refractivity contribution in [2.45, 2.75) is 28.4 Å². The number of phosphoric ester groups is 1. The van der Waals surface area contributed by atoms with Gasteiger partial charge in [0.1, 0.15) is 18.3 Å². The molecule has 1 fully saturated rings. The minimum atomic E-state index is -5.91. The fourth-order valence-electron chi connectivity index (χ4n) is 2.29. The standard InChI is InChI=1S/C10H14BrCl2N2O14P3/c11-3-1-15(9(19)14-7(3)18)8-6(17)5(16)4(28-8)2-27-32(25,26)29-31(23,24)10(12,13)30(20,21)22/h1,4-6,8,16-17H,2H2,(H,23,24)(H,25,26)(H,14,18,19)(H2,20,21,22)/t4-,5-,6-,8-/m1/s1. The molecular formula is C10H14BrCl2N2O14P3. The van der Waals surface area contributed by atoms with Gasteiger partial charge in [-0.25, -0.2) is 13.7 Å². The third-order valence-corrected chi connectivity index (χ3v) is 12.1. The molecule has 0 bridgehead atoms. The van der Waals surface area contributed by atoms with Crippen LogP contribution in [0.5, 0.6) is 0 Å². The maximum absolute atomic E-state index is 11.9. The molecule has 2 heterocycles. The summed E-state index contributed by atoms with van der Waals surface area (Å²) < 4.78 is 45.1. The van der Waals surface area contributed by atoms with Crippen molar-refractivity contribution in [2.75, 3.05) is 6.61 Å². The molecule has 1 aliphatic heterocycles. The van der Waals surface area contributed by atoms with Gasteiger partial charge in [0.05, 0.1) is 11.1 Å². The fourth-order valence-corrected chi connectivity index (χ4v) is 6.85. The van der Waals surface area contributed by atoms with E-state index >= 15 is 0 Å². The lowest BCUT2D eigenvalue weighted by molar-refractivity contribution is -0.0542. The first-order chi connectivity index (χ1) is 14.3. The molecule has 1 aromatic rings. The van der Waals surface area contributed by atoms with Gasteiger partial charge in [-0.05, 0) is 15.9 Å². The number of hydrogen-bond acceptors (Lipinski definition) is 10. The summed E-state index contributed by atoms with van der Waals surface area (Å²) in [7, 11) is -17.3. The van der Waals surface area contributed by atoms with Gasteiger partial charge in [-0.15, -0.1) is 0 Å². The van der Waals surface area contributed by atoms with E-state index < -0.39 is 69.2 Å². The lowest BCUT2D eigenvalue weighted by Crippen LogP contribution is -2.38. The van der Waals surface area contributed by atoms with Crippen molar-refractivity contribution in [2.24, 2.45) is 0 Å². The van der Waals surface area contributed by atoms with E-state index in [-0.39, 0.29) is 4.47 Å². The van der Waals surface area contributed by atoms with Gasteiger partial charge in [-0.1, -0.05) is 23.2 Å². The zero-order valence-corrected chi connectivity index (χ0v) is 20.7. The summed E-state index contributed by atoms with van der Waals surface area (Å²) in [6.07, 6.45) is -5.94. The average Bonchev–Trinajstić information content (AvgIpc) is 2.89. The van der Waals surface area contributed by atoms with Gasteiger partial charge in [0.2, 0.25) is 0 Å². The van der Waals surface area contributed by atoms with Crippen LogP contribution in [0.1, 0.15) is 6.23 Å². The fraction of sp³-hybridized carbons (Fsp3) is 0.600. The largest absolute Gasteiger partial charge is 0.479 e. The van der Waals surface area contributed by atoms with Crippen LogP contribution in [0.25, 0.3) is 0 Å². The highest BCUT2D eigenvalue weighted by Crippen LogP contribution is 2.79. The highest BCUT2D eigenvalue weighted by atomic mass is 79.9. The Hall–Kier alpha value is 0.0700. The molecular weight excluding hydrogens is 616 g/mol. The highest BCUT2D eigenvalue weighted by Gasteiger charge is 2.62. The van der Waals surface area contributed by atoms with Gasteiger partial charge >= 0.3 is 32.5 Å². The monoisotopic (exact) mass is 628 g/mol. The smallest absolute Gasteiger partial charge is 0.387 e. The molecule has 1 saturated heterocycles. The summed E-state index contributed by atoms with van der Waals surface area (Å²) in [6, 6.07) is 0. The van der Waals surface area contributed by atoms with Crippen LogP contribution in [0.3, 0.4) is 0 Å². The molecule has 2 unspecified atom stereocenters. The number of alkyl halides is 2. The SMILES string of the molecule is O=c1[nH]c(=O)n([C@@H]2O[C@H](COP(=O)(O)OP(=O)(O)C(Cl)(Cl)P(=O)(O)O)[C@@H](O)[C@H]2O)cc1Br. The van der Waals surface area contributed by atoms with Crippen molar-refractivity contribution in [1.82, 2.24) is 9.55 Å². The number of phosphoric acid groups is 1. The van der Waals surface area contributed by atoms with Crippen LogP contribution in [-0.2, 0) is 27.3 Å². The molecule has 2 rings (SSSR count). The topological polar surface area (TPSA) is 255 Å². The van der Waals surface area contributed by atoms with Crippen LogP contribution in [0.4, 0.5) is 0 Å². The van der Waals surface area contributed by atoms with E-state index in [0.29, 0.717) is 4.57 Å². The van der Waals surface area contributed by atoms with E-state index in [9.17, 15) is 43.3 Å². The minimum absolute atomic E-state index is 0.135. The van der Waals surface area contributed by atoms with E-state index in [4.69, 9.17) is 37.7 Å². The summed E-state index contributed by atoms with van der Waals surface area (Å²) >= 11 is 13.1. The lowest BCUT2D eigenvalue weighted by atomic mass is 10.1. The summed E-state index contributed by atoms with van der Waals surface area (Å²) in [4.78, 5) is 62.2. The Balaban J connectivity index is 2.15. The molecule has 32 heavy (non-hydrogen) atoms. The summed E-state index contributed by atoms with van der Waals surface area (Å²) in [5.74, 6) is 0. The second kappa shape index (κ2) is 9.61. The van der Waals surface area contributed by atoms with Crippen molar-refractivity contribution in [3.05, 3.63) is 31.5 Å². The minimum Gasteiger partial charge on any atom is -0.387 e. The van der Waals surface area contributed by atoms with Crippen LogP contribution in [0, 0.1) is 0 Å². The number of aromatic nitrogens is 2. The normalized spacial score (nSPS) is 28.3. The van der Waals surface area contributed by atoms with Gasteiger partial charge in [-0.3, -0.25) is 28.0 Å². The molecule has 16 nitrogen and oxygen atoms in total. The molecule has 6 atom stereocenters. The zero-order valence-electron chi connectivity index (χ0n) is 15.0. The van der Waals surface area contributed by atoms with Gasteiger partial charge in [0, 0.05) is 6.20 Å². The molecule has 0 saturated carbocycles. The number of aliphatic hydroxyl groups excluding tert-OH is 2. The Labute approximate surface area is 195 Å². The van der Waals surface area contributed by atoms with E-state index in [1.54, 1.807) is 0 Å². The molecule has 184 valence electrons. The summed E-state index contributed by atoms with van der Waals surface area (Å²) in [6.45, 7) is -1.10. The third kappa shape index (κ3) is 5.82. The van der Waals surface area contributed by atoms with E-state index in [1.165, 1.54) is 0 Å². The molecule has 1 aliphatic rings. The molecule has 0 amide bonds. The number of ether oxygens (including phenoxy) is 1. The lowest BCUT2D eigenvalue weighted by Gasteiger charge is -2.26. The van der Waals surface area contributed by atoms with Crippen molar-refractivity contribution in [3.63, 3.8) is 0 Å². The molecule has 0 aromatic carbocycles. The van der Waals surface area contributed by atoms with Gasteiger partial charge in [0.25, 0.3) is 5.56 Å². The quantitative estimate of drug-likeness (QED) is 0.141. The van der Waals surface area contributed by atoms with E-state index in [0.717, 1.165) is 6.20 Å².